The lowest BCUT2D eigenvalue weighted by Crippen LogP contribution is -2.00. The zero-order chi connectivity index (χ0) is 32.8. The van der Waals surface area contributed by atoms with Crippen LogP contribution in [-0.4, -0.2) is 15.0 Å². The first kappa shape index (κ1) is 27.1. The molecule has 0 N–H and O–H groups in total. The topological polar surface area (TPSA) is 65.0 Å². The molecule has 0 fully saturated rings. The zero-order valence-electron chi connectivity index (χ0n) is 26.6. The molecule has 0 saturated carbocycles. The van der Waals surface area contributed by atoms with Gasteiger partial charge in [-0.2, -0.15) is 0 Å². The molecule has 0 aliphatic rings. The molecular weight excluding hydrogens is 615 g/mol. The van der Waals surface area contributed by atoms with Crippen molar-refractivity contribution in [2.24, 2.45) is 0 Å². The maximum atomic E-state index is 6.27. The summed E-state index contributed by atoms with van der Waals surface area (Å²) in [4.78, 5) is 15.6. The van der Waals surface area contributed by atoms with Gasteiger partial charge in [-0.05, 0) is 62.6 Å². The van der Waals surface area contributed by atoms with Crippen LogP contribution in [0.15, 0.2) is 160 Å². The Kier molecular flexibility index (Phi) is 5.60. The third-order valence-electron chi connectivity index (χ3n) is 9.92. The first-order valence-electron chi connectivity index (χ1n) is 16.7. The molecule has 232 valence electrons. The van der Waals surface area contributed by atoms with E-state index in [0.29, 0.717) is 17.5 Å². The molecule has 0 radical (unpaired) electrons. The quantitative estimate of drug-likeness (QED) is 0.180. The predicted molar refractivity (Wildman–Crippen MR) is 203 cm³/mol. The lowest BCUT2D eigenvalue weighted by atomic mass is 9.96. The monoisotopic (exact) mass is 639 g/mol. The molecule has 3 heterocycles. The Morgan fingerprint density at radius 1 is 0.320 bits per heavy atom. The summed E-state index contributed by atoms with van der Waals surface area (Å²) in [6.45, 7) is 0. The van der Waals surface area contributed by atoms with Crippen LogP contribution in [0.25, 0.3) is 110 Å². The van der Waals surface area contributed by atoms with Gasteiger partial charge in [0, 0.05) is 38.2 Å². The molecule has 0 aliphatic carbocycles. The van der Waals surface area contributed by atoms with E-state index in [2.05, 4.69) is 91.0 Å². The SMILES string of the molecule is c1ccc2c(c1)ccc1c3ccc(-c4nc(-c5cccc6oc7ccccc7c56)nc(-c5cccc6oc7ccccc7c56)n4)cc3ccc21. The van der Waals surface area contributed by atoms with Crippen molar-refractivity contribution in [2.45, 2.75) is 0 Å². The van der Waals surface area contributed by atoms with Crippen LogP contribution >= 0.6 is 0 Å². The molecule has 11 rings (SSSR count). The predicted octanol–water partition coefficient (Wildman–Crippen LogP) is 12.1. The van der Waals surface area contributed by atoms with Crippen LogP contribution in [0.1, 0.15) is 0 Å². The highest BCUT2D eigenvalue weighted by Crippen LogP contribution is 2.40. The summed E-state index contributed by atoms with van der Waals surface area (Å²) in [6, 6.07) is 52.3. The molecule has 3 aromatic heterocycles. The van der Waals surface area contributed by atoms with Gasteiger partial charge in [-0.25, -0.2) is 15.0 Å². The number of rotatable bonds is 3. The summed E-state index contributed by atoms with van der Waals surface area (Å²) in [5, 5.41) is 11.3. The normalized spacial score (nSPS) is 12.0. The van der Waals surface area contributed by atoms with Crippen molar-refractivity contribution in [2.75, 3.05) is 0 Å². The van der Waals surface area contributed by atoms with Gasteiger partial charge in [-0.15, -0.1) is 0 Å². The largest absolute Gasteiger partial charge is 0.456 e. The minimum absolute atomic E-state index is 0.581. The van der Waals surface area contributed by atoms with Gasteiger partial charge in [0.15, 0.2) is 17.5 Å². The highest BCUT2D eigenvalue weighted by Gasteiger charge is 2.20. The second-order valence-electron chi connectivity index (χ2n) is 12.7. The molecule has 0 amide bonds. The van der Waals surface area contributed by atoms with Gasteiger partial charge in [-0.3, -0.25) is 0 Å². The van der Waals surface area contributed by atoms with Crippen molar-refractivity contribution in [3.63, 3.8) is 0 Å². The Morgan fingerprint density at radius 3 is 1.44 bits per heavy atom. The summed E-state index contributed by atoms with van der Waals surface area (Å²) in [6.07, 6.45) is 0. The van der Waals surface area contributed by atoms with Gasteiger partial charge in [0.1, 0.15) is 22.3 Å². The Hall–Kier alpha value is -6.85. The lowest BCUT2D eigenvalue weighted by Gasteiger charge is -2.11. The molecule has 0 bridgehead atoms. The smallest absolute Gasteiger partial charge is 0.164 e. The molecule has 50 heavy (non-hydrogen) atoms. The molecule has 0 spiro atoms. The number of fused-ring (bicyclic) bond motifs is 11. The number of furan rings is 2. The van der Waals surface area contributed by atoms with E-state index in [1.165, 1.54) is 26.9 Å². The average molecular weight is 640 g/mol. The lowest BCUT2D eigenvalue weighted by molar-refractivity contribution is 0.668. The van der Waals surface area contributed by atoms with Crippen molar-refractivity contribution in [1.82, 2.24) is 15.0 Å². The maximum absolute atomic E-state index is 6.27. The third-order valence-corrected chi connectivity index (χ3v) is 9.92. The van der Waals surface area contributed by atoms with Crippen LogP contribution in [-0.2, 0) is 0 Å². The van der Waals surface area contributed by atoms with Crippen LogP contribution < -0.4 is 0 Å². The standard InChI is InChI=1S/C45H25N3O2/c1-2-10-29-26(9-1)19-23-32-30-22-21-28(25-27(30)20-24-31(29)32)43-46-44(35-13-7-17-39-41(35)33-11-3-5-15-37(33)49-39)48-45(47-43)36-14-8-18-40-42(36)34-12-4-6-16-38(34)50-40/h1-25H. The molecule has 11 aromatic rings. The van der Waals surface area contributed by atoms with E-state index < -0.39 is 0 Å². The number of aromatic nitrogens is 3. The Labute approximate surface area is 285 Å². The van der Waals surface area contributed by atoms with E-state index in [1.807, 2.05) is 60.7 Å². The second kappa shape index (κ2) is 10.3. The number of benzene rings is 8. The van der Waals surface area contributed by atoms with Crippen molar-refractivity contribution in [3.05, 3.63) is 152 Å². The zero-order valence-corrected chi connectivity index (χ0v) is 26.6. The maximum Gasteiger partial charge on any atom is 0.164 e. The fourth-order valence-corrected chi connectivity index (χ4v) is 7.64. The molecule has 0 saturated heterocycles. The van der Waals surface area contributed by atoms with Crippen LogP contribution in [0.5, 0.6) is 0 Å². The number of hydrogen-bond donors (Lipinski definition) is 0. The number of nitrogens with zero attached hydrogens (tertiary/aromatic N) is 3. The molecule has 8 aromatic carbocycles. The summed E-state index contributed by atoms with van der Waals surface area (Å²) in [5.74, 6) is 1.76. The summed E-state index contributed by atoms with van der Waals surface area (Å²) < 4.78 is 12.5. The minimum atomic E-state index is 0.581. The van der Waals surface area contributed by atoms with Gasteiger partial charge in [0.2, 0.25) is 0 Å². The first-order valence-corrected chi connectivity index (χ1v) is 16.7. The summed E-state index contributed by atoms with van der Waals surface area (Å²) in [5.41, 5.74) is 5.93. The number of hydrogen-bond acceptors (Lipinski definition) is 5. The summed E-state index contributed by atoms with van der Waals surface area (Å²) >= 11 is 0. The minimum Gasteiger partial charge on any atom is -0.456 e. The molecular formula is C45H25N3O2. The molecule has 0 unspecified atom stereocenters. The van der Waals surface area contributed by atoms with E-state index >= 15 is 0 Å². The third kappa shape index (κ3) is 3.98. The van der Waals surface area contributed by atoms with E-state index in [0.717, 1.165) is 66.0 Å². The van der Waals surface area contributed by atoms with Gasteiger partial charge in [-0.1, -0.05) is 121 Å². The van der Waals surface area contributed by atoms with Crippen molar-refractivity contribution in [3.8, 4) is 34.2 Å². The molecule has 5 nitrogen and oxygen atoms in total. The highest BCUT2D eigenvalue weighted by molar-refractivity contribution is 6.18. The summed E-state index contributed by atoms with van der Waals surface area (Å²) in [7, 11) is 0. The second-order valence-corrected chi connectivity index (χ2v) is 12.7. The number of para-hydroxylation sites is 2. The van der Waals surface area contributed by atoms with Gasteiger partial charge < -0.3 is 8.83 Å². The van der Waals surface area contributed by atoms with Crippen LogP contribution in [0.2, 0.25) is 0 Å². The van der Waals surface area contributed by atoms with Gasteiger partial charge >= 0.3 is 0 Å². The fraction of sp³-hybridized carbons (Fsp3) is 0. The highest BCUT2D eigenvalue weighted by atomic mass is 16.3. The molecule has 5 heteroatoms. The van der Waals surface area contributed by atoms with E-state index in [9.17, 15) is 0 Å². The van der Waals surface area contributed by atoms with Crippen LogP contribution in [0.4, 0.5) is 0 Å². The van der Waals surface area contributed by atoms with Crippen LogP contribution in [0.3, 0.4) is 0 Å². The van der Waals surface area contributed by atoms with E-state index in [1.54, 1.807) is 0 Å². The average Bonchev–Trinajstić information content (AvgIpc) is 3.76. The van der Waals surface area contributed by atoms with Gasteiger partial charge in [0.05, 0.1) is 0 Å². The Morgan fingerprint density at radius 2 is 0.800 bits per heavy atom. The Balaban J connectivity index is 1.18. The van der Waals surface area contributed by atoms with Crippen molar-refractivity contribution >= 4 is 76.2 Å². The van der Waals surface area contributed by atoms with Crippen LogP contribution in [0, 0.1) is 0 Å². The Bertz CT molecular complexity index is 3040. The molecule has 0 aliphatic heterocycles. The fourth-order valence-electron chi connectivity index (χ4n) is 7.64. The van der Waals surface area contributed by atoms with E-state index in [4.69, 9.17) is 23.8 Å². The van der Waals surface area contributed by atoms with Crippen molar-refractivity contribution < 1.29 is 8.83 Å². The van der Waals surface area contributed by atoms with Crippen molar-refractivity contribution in [1.29, 1.82) is 0 Å². The first-order chi connectivity index (χ1) is 24.8. The van der Waals surface area contributed by atoms with E-state index in [-0.39, 0.29) is 0 Å². The molecule has 0 atom stereocenters. The van der Waals surface area contributed by atoms with Gasteiger partial charge in [0.25, 0.3) is 0 Å².